The molecule has 3 heterocycles. The van der Waals surface area contributed by atoms with Crippen molar-refractivity contribution < 1.29 is 4.39 Å². The predicted octanol–water partition coefficient (Wildman–Crippen LogP) is 3.13. The fourth-order valence-corrected chi connectivity index (χ4v) is 3.05. The number of nitrogens with zero attached hydrogens (tertiary/aromatic N) is 4. The van der Waals surface area contributed by atoms with Crippen molar-refractivity contribution in [3.8, 4) is 11.4 Å². The second-order valence-corrected chi connectivity index (χ2v) is 5.90. The lowest BCUT2D eigenvalue weighted by Crippen LogP contribution is -2.21. The smallest absolute Gasteiger partial charge is 0.132 e. The lowest BCUT2D eigenvalue weighted by atomic mass is 10.1. The number of aromatic amines is 1. The van der Waals surface area contributed by atoms with Crippen molar-refractivity contribution in [1.29, 1.82) is 0 Å². The number of nitrogens with one attached hydrogen (secondary N) is 1. The van der Waals surface area contributed by atoms with Gasteiger partial charge in [0.15, 0.2) is 0 Å². The molecule has 1 unspecified atom stereocenters. The first-order chi connectivity index (χ1) is 11.2. The quantitative estimate of drug-likeness (QED) is 0.807. The van der Waals surface area contributed by atoms with Gasteiger partial charge in [0.1, 0.15) is 24.0 Å². The van der Waals surface area contributed by atoms with Crippen molar-refractivity contribution in [3.63, 3.8) is 0 Å². The summed E-state index contributed by atoms with van der Waals surface area (Å²) in [5.74, 6) is 0.762. The Labute approximate surface area is 133 Å². The number of anilines is 1. The molecule has 5 nitrogen and oxygen atoms in total. The van der Waals surface area contributed by atoms with E-state index in [-0.39, 0.29) is 0 Å². The number of aromatic nitrogens is 4. The average molecular weight is 311 g/mol. The molecule has 0 radical (unpaired) electrons. The molecule has 23 heavy (non-hydrogen) atoms. The van der Waals surface area contributed by atoms with Crippen LogP contribution in [0.2, 0.25) is 0 Å². The first kappa shape index (κ1) is 14.1. The van der Waals surface area contributed by atoms with Gasteiger partial charge in [0.25, 0.3) is 0 Å². The second-order valence-electron chi connectivity index (χ2n) is 5.90. The zero-order valence-corrected chi connectivity index (χ0v) is 13.0. The molecule has 1 saturated heterocycles. The van der Waals surface area contributed by atoms with Crippen LogP contribution in [0.1, 0.15) is 18.9 Å². The zero-order valence-electron chi connectivity index (χ0n) is 13.0. The summed E-state index contributed by atoms with van der Waals surface area (Å²) < 4.78 is 13.4. The first-order valence-corrected chi connectivity index (χ1v) is 7.93. The number of alkyl halides is 1. The van der Waals surface area contributed by atoms with Crippen molar-refractivity contribution in [2.75, 3.05) is 18.0 Å². The molecule has 1 aliphatic rings. The zero-order chi connectivity index (χ0) is 15.8. The summed E-state index contributed by atoms with van der Waals surface area (Å²) >= 11 is 0. The highest BCUT2D eigenvalue weighted by molar-refractivity contribution is 5.92. The standard InChI is InChI=1S/C17H18FN5/c1-2-11-3-4-14-13(7-11)17(22-21-14)15-8-16(20-10-19-15)23-6-5-12(18)9-23/h3-4,7-8,10,12H,2,5-6,9H2,1H3,(H,21,22). The number of hydrogen-bond acceptors (Lipinski definition) is 4. The highest BCUT2D eigenvalue weighted by atomic mass is 19.1. The van der Waals surface area contributed by atoms with Crippen molar-refractivity contribution in [2.24, 2.45) is 0 Å². The maximum atomic E-state index is 13.4. The van der Waals surface area contributed by atoms with Gasteiger partial charge in [-0.3, -0.25) is 5.10 Å². The van der Waals surface area contributed by atoms with Crippen molar-refractivity contribution >= 4 is 16.7 Å². The predicted molar refractivity (Wildman–Crippen MR) is 88.2 cm³/mol. The summed E-state index contributed by atoms with van der Waals surface area (Å²) in [5, 5.41) is 8.52. The molecular weight excluding hydrogens is 293 g/mol. The summed E-state index contributed by atoms with van der Waals surface area (Å²) in [6, 6.07) is 8.18. The van der Waals surface area contributed by atoms with Gasteiger partial charge in [-0.1, -0.05) is 13.0 Å². The maximum Gasteiger partial charge on any atom is 0.132 e. The van der Waals surface area contributed by atoms with E-state index in [0.717, 1.165) is 34.5 Å². The summed E-state index contributed by atoms with van der Waals surface area (Å²) in [7, 11) is 0. The highest BCUT2D eigenvalue weighted by Crippen LogP contribution is 2.28. The number of rotatable bonds is 3. The Morgan fingerprint density at radius 2 is 2.22 bits per heavy atom. The van der Waals surface area contributed by atoms with Gasteiger partial charge in [-0.05, 0) is 30.5 Å². The number of hydrogen-bond donors (Lipinski definition) is 1. The third kappa shape index (κ3) is 2.54. The minimum absolute atomic E-state index is 0.401. The maximum absolute atomic E-state index is 13.4. The Kier molecular flexibility index (Phi) is 3.44. The molecule has 0 saturated carbocycles. The molecule has 6 heteroatoms. The molecule has 1 atom stereocenters. The molecule has 1 fully saturated rings. The molecule has 2 aromatic heterocycles. The van der Waals surface area contributed by atoms with Crippen LogP contribution >= 0.6 is 0 Å². The van der Waals surface area contributed by atoms with Gasteiger partial charge >= 0.3 is 0 Å². The number of aryl methyl sites for hydroxylation is 1. The molecule has 3 aromatic rings. The molecule has 4 rings (SSSR count). The third-order valence-electron chi connectivity index (χ3n) is 4.39. The minimum Gasteiger partial charge on any atom is -0.353 e. The summed E-state index contributed by atoms with van der Waals surface area (Å²) in [6.07, 6.45) is 2.29. The Morgan fingerprint density at radius 3 is 3.00 bits per heavy atom. The molecule has 1 aromatic carbocycles. The molecule has 0 spiro atoms. The van der Waals surface area contributed by atoms with Gasteiger partial charge in [-0.25, -0.2) is 14.4 Å². The van der Waals surface area contributed by atoms with Crippen molar-refractivity contribution in [1.82, 2.24) is 20.2 Å². The van der Waals surface area contributed by atoms with Crippen LogP contribution in [0.15, 0.2) is 30.6 Å². The van der Waals surface area contributed by atoms with Crippen LogP contribution in [0.4, 0.5) is 10.2 Å². The van der Waals surface area contributed by atoms with E-state index in [0.29, 0.717) is 19.5 Å². The second kappa shape index (κ2) is 5.61. The topological polar surface area (TPSA) is 57.7 Å². The van der Waals surface area contributed by atoms with E-state index in [1.807, 2.05) is 17.0 Å². The lowest BCUT2D eigenvalue weighted by Gasteiger charge is -2.16. The Morgan fingerprint density at radius 1 is 1.30 bits per heavy atom. The van der Waals surface area contributed by atoms with E-state index < -0.39 is 6.17 Å². The number of H-pyrrole nitrogens is 1. The Bertz CT molecular complexity index is 844. The van der Waals surface area contributed by atoms with Crippen LogP contribution in [0.3, 0.4) is 0 Å². The molecule has 0 bridgehead atoms. The monoisotopic (exact) mass is 311 g/mol. The average Bonchev–Trinajstić information content (AvgIpc) is 3.20. The first-order valence-electron chi connectivity index (χ1n) is 7.93. The summed E-state index contributed by atoms with van der Waals surface area (Å²) in [5.41, 5.74) is 3.82. The van der Waals surface area contributed by atoms with E-state index in [4.69, 9.17) is 0 Å². The van der Waals surface area contributed by atoms with Gasteiger partial charge < -0.3 is 4.90 Å². The van der Waals surface area contributed by atoms with Crippen molar-refractivity contribution in [2.45, 2.75) is 25.9 Å². The summed E-state index contributed by atoms with van der Waals surface area (Å²) in [4.78, 5) is 10.6. The van der Waals surface area contributed by atoms with Gasteiger partial charge in [-0.2, -0.15) is 5.10 Å². The van der Waals surface area contributed by atoms with E-state index in [9.17, 15) is 4.39 Å². The number of fused-ring (bicyclic) bond motifs is 1. The SMILES string of the molecule is CCc1ccc2[nH]nc(-c3cc(N4CCC(F)C4)ncn3)c2c1. The van der Waals surface area contributed by atoms with Crippen molar-refractivity contribution in [3.05, 3.63) is 36.2 Å². The van der Waals surface area contributed by atoms with Gasteiger partial charge in [-0.15, -0.1) is 0 Å². The fraction of sp³-hybridized carbons (Fsp3) is 0.353. The van der Waals surface area contributed by atoms with E-state index in [2.05, 4.69) is 39.2 Å². The number of benzene rings is 1. The largest absolute Gasteiger partial charge is 0.353 e. The van der Waals surface area contributed by atoms with Crippen LogP contribution in [0.25, 0.3) is 22.3 Å². The van der Waals surface area contributed by atoms with Crippen LogP contribution in [0.5, 0.6) is 0 Å². The summed E-state index contributed by atoms with van der Waals surface area (Å²) in [6.45, 7) is 3.22. The molecule has 1 aliphatic heterocycles. The van der Waals surface area contributed by atoms with Crippen LogP contribution < -0.4 is 4.90 Å². The molecular formula is C17H18FN5. The minimum atomic E-state index is -0.772. The van der Waals surface area contributed by atoms with Gasteiger partial charge in [0, 0.05) is 18.0 Å². The Balaban J connectivity index is 1.76. The Hall–Kier alpha value is -2.50. The van der Waals surface area contributed by atoms with Crippen LogP contribution in [-0.4, -0.2) is 39.4 Å². The highest BCUT2D eigenvalue weighted by Gasteiger charge is 2.23. The van der Waals surface area contributed by atoms with E-state index in [1.165, 1.54) is 11.9 Å². The number of halogens is 1. The van der Waals surface area contributed by atoms with Gasteiger partial charge in [0.2, 0.25) is 0 Å². The van der Waals surface area contributed by atoms with Crippen LogP contribution in [-0.2, 0) is 6.42 Å². The molecule has 118 valence electrons. The van der Waals surface area contributed by atoms with E-state index >= 15 is 0 Å². The molecule has 0 aliphatic carbocycles. The van der Waals surface area contributed by atoms with E-state index in [1.54, 1.807) is 0 Å². The normalized spacial score (nSPS) is 18.0. The van der Waals surface area contributed by atoms with Gasteiger partial charge in [0.05, 0.1) is 17.8 Å². The molecule has 0 amide bonds. The van der Waals surface area contributed by atoms with Crippen LogP contribution in [0, 0.1) is 0 Å². The third-order valence-corrected chi connectivity index (χ3v) is 4.39. The molecule has 1 N–H and O–H groups in total. The fourth-order valence-electron chi connectivity index (χ4n) is 3.05. The lowest BCUT2D eigenvalue weighted by molar-refractivity contribution is 0.364.